The Morgan fingerprint density at radius 3 is 2.24 bits per heavy atom. The molecule has 0 amide bonds. The maximum atomic E-state index is 12.4. The molecule has 21 heavy (non-hydrogen) atoms. The van der Waals surface area contributed by atoms with E-state index in [0.29, 0.717) is 18.5 Å². The molecule has 1 saturated carbocycles. The molecule has 2 N–H and O–H groups in total. The van der Waals surface area contributed by atoms with Gasteiger partial charge in [0.25, 0.3) is 0 Å². The number of hydrogen-bond donors (Lipinski definition) is 2. The summed E-state index contributed by atoms with van der Waals surface area (Å²) in [4.78, 5) is 10.7. The number of carboxylic acid groups (broad SMARTS) is 1. The molecule has 0 radical (unpaired) electrons. The van der Waals surface area contributed by atoms with Crippen molar-refractivity contribution in [2.24, 2.45) is 5.41 Å². The van der Waals surface area contributed by atoms with Gasteiger partial charge < -0.3 is 10.4 Å². The Morgan fingerprint density at radius 1 is 1.29 bits per heavy atom. The Kier molecular flexibility index (Phi) is 4.18. The summed E-state index contributed by atoms with van der Waals surface area (Å²) in [5.74, 6) is -4.32. The van der Waals surface area contributed by atoms with Gasteiger partial charge in [-0.05, 0) is 37.1 Å². The van der Waals surface area contributed by atoms with E-state index in [4.69, 9.17) is 0 Å². The smallest absolute Gasteiger partial charge is 0.341 e. The van der Waals surface area contributed by atoms with Crippen LogP contribution in [0.1, 0.15) is 19.3 Å². The highest BCUT2D eigenvalue weighted by atomic mass is 32.2. The second-order valence-corrected chi connectivity index (χ2v) is 7.04. The van der Waals surface area contributed by atoms with Crippen LogP contribution in [0.3, 0.4) is 0 Å². The van der Waals surface area contributed by atoms with Gasteiger partial charge >= 0.3 is 11.7 Å². The van der Waals surface area contributed by atoms with E-state index in [9.17, 15) is 27.1 Å². The van der Waals surface area contributed by atoms with E-state index in [-0.39, 0.29) is 6.54 Å². The third kappa shape index (κ3) is 2.99. The lowest BCUT2D eigenvalue weighted by atomic mass is 9.69. The van der Waals surface area contributed by atoms with Crippen LogP contribution >= 0.6 is 0 Å². The lowest BCUT2D eigenvalue weighted by Crippen LogP contribution is -2.43. The van der Waals surface area contributed by atoms with Gasteiger partial charge in [0.2, 0.25) is 9.84 Å². The van der Waals surface area contributed by atoms with Crippen LogP contribution in [0.4, 0.5) is 14.5 Å². The molecule has 1 aromatic rings. The van der Waals surface area contributed by atoms with E-state index < -0.39 is 31.9 Å². The van der Waals surface area contributed by atoms with Gasteiger partial charge in [0, 0.05) is 12.2 Å². The quantitative estimate of drug-likeness (QED) is 0.841. The molecule has 0 unspecified atom stereocenters. The van der Waals surface area contributed by atoms with Crippen LogP contribution in [0.2, 0.25) is 0 Å². The fraction of sp³-hybridized carbons (Fsp3) is 0.462. The van der Waals surface area contributed by atoms with Gasteiger partial charge in [-0.2, -0.15) is 8.78 Å². The van der Waals surface area contributed by atoms with Crippen molar-refractivity contribution in [3.05, 3.63) is 24.3 Å². The minimum atomic E-state index is -4.60. The second kappa shape index (κ2) is 5.59. The Morgan fingerprint density at radius 2 is 1.86 bits per heavy atom. The molecule has 5 nitrogen and oxygen atoms in total. The summed E-state index contributed by atoms with van der Waals surface area (Å²) in [7, 11) is -4.60. The van der Waals surface area contributed by atoms with E-state index in [2.05, 4.69) is 5.32 Å². The number of hydrogen-bond acceptors (Lipinski definition) is 4. The molecule has 1 aliphatic rings. The standard InChI is InChI=1S/C13H15F2NO4S/c14-12(15)21(19,20)10-4-2-9(3-5-10)16-8-13(11(17)18)6-1-7-13/h2-5,12,16H,1,6-8H2,(H,17,18). The van der Waals surface area contributed by atoms with Gasteiger partial charge in [0.15, 0.2) is 0 Å². The number of benzene rings is 1. The lowest BCUT2D eigenvalue weighted by Gasteiger charge is -2.37. The van der Waals surface area contributed by atoms with Crippen LogP contribution < -0.4 is 5.32 Å². The number of aliphatic carboxylic acids is 1. The van der Waals surface area contributed by atoms with Crippen molar-refractivity contribution >= 4 is 21.5 Å². The SMILES string of the molecule is O=C(O)C1(CNc2ccc(S(=O)(=O)C(F)F)cc2)CCC1. The maximum Gasteiger partial charge on any atom is 0.341 e. The molecular formula is C13H15F2NO4S. The van der Waals surface area contributed by atoms with Gasteiger partial charge in [-0.3, -0.25) is 4.79 Å². The molecule has 0 spiro atoms. The molecule has 1 fully saturated rings. The van der Waals surface area contributed by atoms with Crippen LogP contribution in [0.5, 0.6) is 0 Å². The van der Waals surface area contributed by atoms with Crippen molar-refractivity contribution < 1.29 is 27.1 Å². The Labute approximate surface area is 120 Å². The molecule has 0 aliphatic heterocycles. The zero-order valence-electron chi connectivity index (χ0n) is 11.1. The highest BCUT2D eigenvalue weighted by Crippen LogP contribution is 2.41. The monoisotopic (exact) mass is 319 g/mol. The van der Waals surface area contributed by atoms with Crippen LogP contribution in [0.15, 0.2) is 29.2 Å². The zero-order chi connectivity index (χ0) is 15.7. The van der Waals surface area contributed by atoms with Gasteiger partial charge in [0.05, 0.1) is 10.3 Å². The maximum absolute atomic E-state index is 12.4. The molecule has 0 heterocycles. The first-order valence-corrected chi connectivity index (χ1v) is 7.92. The Balaban J connectivity index is 2.05. The number of carbonyl (C=O) groups is 1. The van der Waals surface area contributed by atoms with Crippen molar-refractivity contribution in [3.63, 3.8) is 0 Å². The molecule has 116 valence electrons. The molecule has 1 aliphatic carbocycles. The third-order valence-electron chi connectivity index (χ3n) is 3.81. The van der Waals surface area contributed by atoms with Gasteiger partial charge in [-0.25, -0.2) is 8.42 Å². The average molecular weight is 319 g/mol. The molecule has 1 aromatic carbocycles. The Hall–Kier alpha value is -1.70. The fourth-order valence-corrected chi connectivity index (χ4v) is 2.93. The summed E-state index contributed by atoms with van der Waals surface area (Å²) in [6, 6.07) is 4.86. The highest BCUT2D eigenvalue weighted by molar-refractivity contribution is 7.91. The predicted octanol–water partition coefficient (Wildman–Crippen LogP) is 2.35. The third-order valence-corrected chi connectivity index (χ3v) is 5.21. The summed E-state index contributed by atoms with van der Waals surface area (Å²) in [5, 5.41) is 12.1. The van der Waals surface area contributed by atoms with E-state index >= 15 is 0 Å². The average Bonchev–Trinajstić information content (AvgIpc) is 2.37. The second-order valence-electron chi connectivity index (χ2n) is 5.12. The molecule has 0 aromatic heterocycles. The molecule has 0 saturated heterocycles. The van der Waals surface area contributed by atoms with Crippen molar-refractivity contribution in [3.8, 4) is 0 Å². The van der Waals surface area contributed by atoms with Crippen LogP contribution in [0.25, 0.3) is 0 Å². The number of alkyl halides is 2. The van der Waals surface area contributed by atoms with Crippen molar-refractivity contribution in [2.75, 3.05) is 11.9 Å². The largest absolute Gasteiger partial charge is 0.481 e. The summed E-state index contributed by atoms with van der Waals surface area (Å²) in [5.41, 5.74) is -0.288. The summed E-state index contributed by atoms with van der Waals surface area (Å²) >= 11 is 0. The predicted molar refractivity (Wildman–Crippen MR) is 72.0 cm³/mol. The van der Waals surface area contributed by atoms with E-state index in [0.717, 1.165) is 18.6 Å². The number of anilines is 1. The van der Waals surface area contributed by atoms with E-state index in [1.54, 1.807) is 0 Å². The number of carboxylic acids is 1. The normalized spacial score (nSPS) is 17.3. The van der Waals surface area contributed by atoms with Crippen molar-refractivity contribution in [1.29, 1.82) is 0 Å². The minimum Gasteiger partial charge on any atom is -0.481 e. The first-order chi connectivity index (χ1) is 9.78. The van der Waals surface area contributed by atoms with Gasteiger partial charge in [-0.15, -0.1) is 0 Å². The fourth-order valence-electron chi connectivity index (χ4n) is 2.21. The highest BCUT2D eigenvalue weighted by Gasteiger charge is 2.44. The van der Waals surface area contributed by atoms with Crippen LogP contribution in [-0.4, -0.2) is 31.8 Å². The molecule has 0 atom stereocenters. The first kappa shape index (κ1) is 15.7. The van der Waals surface area contributed by atoms with E-state index in [1.165, 1.54) is 12.1 Å². The summed E-state index contributed by atoms with van der Waals surface area (Å²) in [6.07, 6.45) is 2.04. The van der Waals surface area contributed by atoms with Gasteiger partial charge in [0.1, 0.15) is 0 Å². The van der Waals surface area contributed by atoms with E-state index in [1.807, 2.05) is 0 Å². The van der Waals surface area contributed by atoms with Crippen LogP contribution in [0, 0.1) is 5.41 Å². The van der Waals surface area contributed by atoms with Crippen molar-refractivity contribution in [1.82, 2.24) is 0 Å². The number of sulfone groups is 1. The molecule has 8 heteroatoms. The van der Waals surface area contributed by atoms with Gasteiger partial charge in [-0.1, -0.05) is 6.42 Å². The summed E-state index contributed by atoms with van der Waals surface area (Å²) < 4.78 is 47.3. The number of halogens is 2. The number of nitrogens with one attached hydrogen (secondary N) is 1. The number of rotatable bonds is 6. The van der Waals surface area contributed by atoms with Crippen molar-refractivity contribution in [2.45, 2.75) is 29.9 Å². The molecule has 0 bridgehead atoms. The topological polar surface area (TPSA) is 83.5 Å². The minimum absolute atomic E-state index is 0.225. The lowest BCUT2D eigenvalue weighted by molar-refractivity contribution is -0.153. The molecule has 2 rings (SSSR count). The molecular weight excluding hydrogens is 304 g/mol. The first-order valence-electron chi connectivity index (χ1n) is 6.37. The summed E-state index contributed by atoms with van der Waals surface area (Å²) in [6.45, 7) is 0.225. The zero-order valence-corrected chi connectivity index (χ0v) is 11.9. The Bertz CT molecular complexity index is 624. The van der Waals surface area contributed by atoms with Crippen LogP contribution in [-0.2, 0) is 14.6 Å².